The molecule has 3 aliphatic heterocycles. The van der Waals surface area contributed by atoms with E-state index in [0.717, 1.165) is 12.8 Å². The summed E-state index contributed by atoms with van der Waals surface area (Å²) in [6.07, 6.45) is 4.20. The van der Waals surface area contributed by atoms with Gasteiger partial charge in [-0.3, -0.25) is 19.3 Å². The molecule has 3 amide bonds. The average Bonchev–Trinajstić information content (AvgIpc) is 3.65. The van der Waals surface area contributed by atoms with Gasteiger partial charge in [-0.05, 0) is 68.2 Å². The van der Waals surface area contributed by atoms with E-state index in [0.29, 0.717) is 63.8 Å². The van der Waals surface area contributed by atoms with Crippen molar-refractivity contribution in [3.05, 3.63) is 58.9 Å². The number of likely N-dealkylation sites (tertiary alicyclic amines) is 1. The van der Waals surface area contributed by atoms with Gasteiger partial charge in [0.05, 0.1) is 5.75 Å². The first kappa shape index (κ1) is 28.4. The van der Waals surface area contributed by atoms with Crippen molar-refractivity contribution >= 4 is 53.0 Å². The molecule has 0 bridgehead atoms. The van der Waals surface area contributed by atoms with Gasteiger partial charge < -0.3 is 20.4 Å². The number of hydrogen-bond acceptors (Lipinski definition) is 10. The number of hydrogen-bond donors (Lipinski definition) is 3. The number of phenolic OH excluding ortho intramolecular Hbond substituents is 1. The largest absolute Gasteiger partial charge is 0.508 e. The van der Waals surface area contributed by atoms with Gasteiger partial charge in [0.15, 0.2) is 5.82 Å². The van der Waals surface area contributed by atoms with Crippen molar-refractivity contribution < 1.29 is 29.4 Å². The topological polar surface area (TPSA) is 170 Å². The molecule has 2 saturated heterocycles. The molecule has 0 spiro atoms. The third-order valence-electron chi connectivity index (χ3n) is 7.89. The van der Waals surface area contributed by atoms with Gasteiger partial charge >= 0.3 is 5.97 Å². The number of aryl methyl sites for hydroxylation is 1. The summed E-state index contributed by atoms with van der Waals surface area (Å²) in [4.78, 5) is 63.2. The highest BCUT2D eigenvalue weighted by atomic mass is 32.2. The molecule has 2 aromatic heterocycles. The first-order valence-electron chi connectivity index (χ1n) is 14.1. The quantitative estimate of drug-likeness (QED) is 0.143. The average molecular weight is 634 g/mol. The van der Waals surface area contributed by atoms with Crippen molar-refractivity contribution in [2.75, 3.05) is 18.1 Å². The minimum atomic E-state index is -1.24. The number of nitrogens with zero attached hydrogens (tertiary/aromatic N) is 6. The second-order valence-corrected chi connectivity index (χ2v) is 13.1. The summed E-state index contributed by atoms with van der Waals surface area (Å²) in [7, 11) is 0. The molecule has 3 fully saturated rings. The van der Waals surface area contributed by atoms with Crippen LogP contribution < -0.4 is 5.32 Å². The van der Waals surface area contributed by atoms with Gasteiger partial charge in [0, 0.05) is 35.2 Å². The third-order valence-corrected chi connectivity index (χ3v) is 10.2. The minimum absolute atomic E-state index is 0.0211. The Balaban J connectivity index is 1.03. The van der Waals surface area contributed by atoms with Crippen LogP contribution in [0.4, 0.5) is 0 Å². The number of benzene rings is 1. The molecule has 5 heterocycles. The molecule has 3 N–H and O–H groups in total. The highest BCUT2D eigenvalue weighted by Gasteiger charge is 2.54. The number of carbonyl (C=O) groups is 4. The number of β-lactam (4-membered cyclic amide) rings is 1. The van der Waals surface area contributed by atoms with Gasteiger partial charge in [0.25, 0.3) is 11.7 Å². The second-order valence-electron chi connectivity index (χ2n) is 11.0. The van der Waals surface area contributed by atoms with E-state index >= 15 is 0 Å². The lowest BCUT2D eigenvalue weighted by Crippen LogP contribution is -2.70. The summed E-state index contributed by atoms with van der Waals surface area (Å²) >= 11 is 2.58. The fraction of sp³-hybridized carbons (Fsp3) is 0.345. The second kappa shape index (κ2) is 11.0. The number of amides is 3. The predicted octanol–water partition coefficient (Wildman–Crippen LogP) is 1.96. The molecule has 4 aliphatic rings. The monoisotopic (exact) mass is 633 g/mol. The van der Waals surface area contributed by atoms with Gasteiger partial charge in [-0.25, -0.2) is 9.78 Å². The molecule has 15 heteroatoms. The lowest BCUT2D eigenvalue weighted by Gasteiger charge is -2.49. The molecular formula is C29H27N7O6S2. The summed E-state index contributed by atoms with van der Waals surface area (Å²) in [5.74, 6) is -0.994. The number of nitrogens with one attached hydrogen (secondary N) is 1. The molecule has 1 saturated carbocycles. The van der Waals surface area contributed by atoms with Crippen molar-refractivity contribution in [3.63, 3.8) is 0 Å². The van der Waals surface area contributed by atoms with Gasteiger partial charge in [-0.15, -0.1) is 16.9 Å². The maximum Gasteiger partial charge on any atom is 0.352 e. The van der Waals surface area contributed by atoms with E-state index in [-0.39, 0.29) is 29.0 Å². The molecule has 3 aromatic rings. The van der Waals surface area contributed by atoms with Crippen LogP contribution in [0.3, 0.4) is 0 Å². The van der Waals surface area contributed by atoms with Crippen LogP contribution >= 0.6 is 23.5 Å². The summed E-state index contributed by atoms with van der Waals surface area (Å²) < 4.78 is 1.54. The molecule has 0 radical (unpaired) electrons. The van der Waals surface area contributed by atoms with Crippen LogP contribution in [-0.4, -0.2) is 98.8 Å². The van der Waals surface area contributed by atoms with Crippen LogP contribution in [0.5, 0.6) is 5.75 Å². The van der Waals surface area contributed by atoms with Crippen LogP contribution in [0.1, 0.15) is 25.0 Å². The fourth-order valence-electron chi connectivity index (χ4n) is 5.61. The van der Waals surface area contributed by atoms with E-state index in [1.165, 1.54) is 28.4 Å². The predicted molar refractivity (Wildman–Crippen MR) is 160 cm³/mol. The van der Waals surface area contributed by atoms with E-state index in [4.69, 9.17) is 0 Å². The molecular weight excluding hydrogens is 606 g/mol. The Labute approximate surface area is 259 Å². The van der Waals surface area contributed by atoms with Crippen LogP contribution in [-0.2, 0) is 19.2 Å². The zero-order chi connectivity index (χ0) is 30.7. The van der Waals surface area contributed by atoms with Crippen molar-refractivity contribution in [3.8, 4) is 17.1 Å². The highest BCUT2D eigenvalue weighted by molar-refractivity contribution is 8.00. The van der Waals surface area contributed by atoms with Crippen LogP contribution in [0, 0.1) is 6.92 Å². The molecule has 0 unspecified atom stereocenters. The van der Waals surface area contributed by atoms with E-state index in [1.807, 2.05) is 11.8 Å². The molecule has 226 valence electrons. The van der Waals surface area contributed by atoms with Gasteiger partial charge in [0.1, 0.15) is 27.9 Å². The Morgan fingerprint density at radius 3 is 2.68 bits per heavy atom. The first-order chi connectivity index (χ1) is 21.2. The lowest BCUT2D eigenvalue weighted by molar-refractivity contribution is -0.150. The van der Waals surface area contributed by atoms with Crippen LogP contribution in [0.15, 0.2) is 58.3 Å². The molecule has 44 heavy (non-hydrogen) atoms. The van der Waals surface area contributed by atoms with Gasteiger partial charge in [-0.1, -0.05) is 11.8 Å². The van der Waals surface area contributed by atoms with E-state index in [9.17, 15) is 29.4 Å². The lowest BCUT2D eigenvalue weighted by atomic mass is 10.0. The normalized spacial score (nSPS) is 22.5. The van der Waals surface area contributed by atoms with Gasteiger partial charge in [-0.2, -0.15) is 9.50 Å². The Morgan fingerprint density at radius 2 is 1.95 bits per heavy atom. The molecule has 1 aliphatic carbocycles. The summed E-state index contributed by atoms with van der Waals surface area (Å²) in [6, 6.07) is 7.69. The number of aliphatic carboxylic acids is 1. The van der Waals surface area contributed by atoms with Crippen molar-refractivity contribution in [1.82, 2.24) is 34.7 Å². The third kappa shape index (κ3) is 5.09. The number of rotatable bonds is 8. The van der Waals surface area contributed by atoms with Crippen molar-refractivity contribution in [2.45, 2.75) is 48.7 Å². The minimum Gasteiger partial charge on any atom is -0.508 e. The zero-order valence-electron chi connectivity index (χ0n) is 23.5. The number of allylic oxidation sites excluding steroid dienone is 1. The van der Waals surface area contributed by atoms with E-state index in [2.05, 4.69) is 20.4 Å². The molecule has 1 aromatic carbocycles. The molecule has 13 nitrogen and oxygen atoms in total. The number of thioether (sulfide) groups is 2. The Kier molecular flexibility index (Phi) is 7.08. The standard InChI is InChI=1S/C29H27N7O6S2/c1-14-10-21(36-29(30-14)32-24(33-36)15-2-6-19(37)7-3-15)43-13-20(38)31-22-26(40)35-23(28(41)42)17(12-44-27(22)35)11-16-8-9-34(25(16)39)18-4-5-18/h2-3,6-7,10-11,18,22,27,37H,4-5,8-9,12-13H2,1H3,(H,31,38)(H,41,42)/t22-,27-/m1/s1. The summed E-state index contributed by atoms with van der Waals surface area (Å²) in [6.45, 7) is 2.45. The SMILES string of the molecule is Cc1cc(SCC(=O)N[C@@H]2C(=O)N3C(C(=O)O)=C(C=C4CCN(C5CC5)C4=O)CS[C@H]23)n2nc(-c3ccc(O)cc3)nc2n1. The Morgan fingerprint density at radius 1 is 1.18 bits per heavy atom. The van der Waals surface area contributed by atoms with Crippen LogP contribution in [0.2, 0.25) is 0 Å². The number of phenols is 1. The smallest absolute Gasteiger partial charge is 0.352 e. The number of fused-ring (bicyclic) bond motifs is 2. The van der Waals surface area contributed by atoms with E-state index in [1.54, 1.807) is 40.9 Å². The fourth-order valence-corrected chi connectivity index (χ4v) is 7.78. The summed E-state index contributed by atoms with van der Waals surface area (Å²) in [5.41, 5.74) is 2.26. The van der Waals surface area contributed by atoms with Crippen LogP contribution in [0.25, 0.3) is 17.2 Å². The highest BCUT2D eigenvalue weighted by Crippen LogP contribution is 2.42. The maximum atomic E-state index is 13.1. The maximum absolute atomic E-state index is 13.1. The number of carbonyl (C=O) groups excluding carboxylic acids is 3. The number of carboxylic acids is 1. The molecule has 7 rings (SSSR count). The van der Waals surface area contributed by atoms with Crippen molar-refractivity contribution in [1.29, 1.82) is 0 Å². The van der Waals surface area contributed by atoms with Crippen molar-refractivity contribution in [2.24, 2.45) is 0 Å². The molecule has 2 atom stereocenters. The first-order valence-corrected chi connectivity index (χ1v) is 16.1. The van der Waals surface area contributed by atoms with E-state index < -0.39 is 23.3 Å². The number of aromatic nitrogens is 4. The Bertz CT molecular complexity index is 1800. The number of aromatic hydroxyl groups is 1. The Hall–Kier alpha value is -4.37. The number of carboxylic acid groups (broad SMARTS) is 1. The summed E-state index contributed by atoms with van der Waals surface area (Å²) in [5, 5.41) is 27.0. The van der Waals surface area contributed by atoms with Gasteiger partial charge in [0.2, 0.25) is 11.8 Å². The zero-order valence-corrected chi connectivity index (χ0v) is 25.1.